The van der Waals surface area contributed by atoms with Crippen molar-refractivity contribution in [2.24, 2.45) is 0 Å². The van der Waals surface area contributed by atoms with E-state index in [-0.39, 0.29) is 17.4 Å². The van der Waals surface area contributed by atoms with Gasteiger partial charge in [0.25, 0.3) is 11.1 Å². The quantitative estimate of drug-likeness (QED) is 0.440. The standard InChI is InChI=1S/C24H21N3O5S/c1-15(23(30)32-2)27-22(29)20(33-24(27)31)12-16-13-26(19-11-7-6-10-18(16)19)14-21(28)25-17-8-4-3-5-9-17/h3-13,15H,14H2,1-2H3,(H,25,28)/b20-12+/t15-/m1/s1. The Balaban J connectivity index is 1.62. The number of para-hydroxylation sites is 2. The van der Waals surface area contributed by atoms with E-state index in [9.17, 15) is 19.2 Å². The van der Waals surface area contributed by atoms with Crippen molar-refractivity contribution in [1.82, 2.24) is 9.47 Å². The van der Waals surface area contributed by atoms with Crippen LogP contribution in [0.3, 0.4) is 0 Å². The number of benzene rings is 2. The van der Waals surface area contributed by atoms with Crippen molar-refractivity contribution >= 4 is 57.5 Å². The molecule has 0 spiro atoms. The molecule has 168 valence electrons. The van der Waals surface area contributed by atoms with E-state index in [0.29, 0.717) is 11.3 Å². The van der Waals surface area contributed by atoms with Crippen LogP contribution in [0.1, 0.15) is 12.5 Å². The van der Waals surface area contributed by atoms with E-state index in [1.807, 2.05) is 54.6 Å². The number of nitrogens with zero attached hydrogens (tertiary/aromatic N) is 2. The molecule has 0 saturated carbocycles. The molecule has 1 atom stereocenters. The van der Waals surface area contributed by atoms with Gasteiger partial charge in [0.05, 0.1) is 12.0 Å². The Morgan fingerprint density at radius 2 is 1.79 bits per heavy atom. The monoisotopic (exact) mass is 463 g/mol. The van der Waals surface area contributed by atoms with Crippen LogP contribution >= 0.6 is 11.8 Å². The number of hydrogen-bond acceptors (Lipinski definition) is 6. The minimum absolute atomic E-state index is 0.0735. The molecule has 1 saturated heterocycles. The molecule has 3 amide bonds. The minimum atomic E-state index is -1.02. The molecule has 0 aliphatic carbocycles. The van der Waals surface area contributed by atoms with Crippen LogP contribution < -0.4 is 5.32 Å². The van der Waals surface area contributed by atoms with Gasteiger partial charge in [0.2, 0.25) is 5.91 Å². The van der Waals surface area contributed by atoms with Crippen LogP contribution in [0.15, 0.2) is 65.7 Å². The molecular formula is C24H21N3O5S. The SMILES string of the molecule is COC(=O)[C@@H](C)N1C(=O)S/C(=C/c2cn(CC(=O)Nc3ccccc3)c3ccccc23)C1=O. The second kappa shape index (κ2) is 9.33. The molecule has 1 aliphatic rings. The number of amides is 3. The minimum Gasteiger partial charge on any atom is -0.467 e. The number of aromatic nitrogens is 1. The van der Waals surface area contributed by atoms with Crippen LogP contribution in [-0.2, 0) is 25.7 Å². The van der Waals surface area contributed by atoms with Crippen molar-refractivity contribution in [3.63, 3.8) is 0 Å². The van der Waals surface area contributed by atoms with Gasteiger partial charge >= 0.3 is 5.97 Å². The molecule has 0 bridgehead atoms. The van der Waals surface area contributed by atoms with Gasteiger partial charge in [-0.25, -0.2) is 4.79 Å². The molecule has 33 heavy (non-hydrogen) atoms. The lowest BCUT2D eigenvalue weighted by atomic mass is 10.1. The predicted molar refractivity (Wildman–Crippen MR) is 126 cm³/mol. The number of carbonyl (C=O) groups excluding carboxylic acids is 4. The molecule has 1 N–H and O–H groups in total. The van der Waals surface area contributed by atoms with E-state index in [0.717, 1.165) is 27.6 Å². The maximum atomic E-state index is 12.8. The summed E-state index contributed by atoms with van der Waals surface area (Å²) in [6.07, 6.45) is 3.38. The topological polar surface area (TPSA) is 97.7 Å². The molecule has 2 aromatic carbocycles. The van der Waals surface area contributed by atoms with E-state index in [1.165, 1.54) is 14.0 Å². The Labute approximate surface area is 194 Å². The number of rotatable bonds is 6. The zero-order chi connectivity index (χ0) is 23.5. The number of thioether (sulfide) groups is 1. The van der Waals surface area contributed by atoms with Crippen LogP contribution in [0, 0.1) is 0 Å². The highest BCUT2D eigenvalue weighted by molar-refractivity contribution is 8.18. The van der Waals surface area contributed by atoms with Gasteiger partial charge in [-0.1, -0.05) is 36.4 Å². The fraction of sp³-hybridized carbons (Fsp3) is 0.167. The van der Waals surface area contributed by atoms with Crippen molar-refractivity contribution in [3.05, 3.63) is 71.3 Å². The van der Waals surface area contributed by atoms with Crippen LogP contribution in [0.25, 0.3) is 17.0 Å². The summed E-state index contributed by atoms with van der Waals surface area (Å²) >= 11 is 0.769. The first-order valence-corrected chi connectivity index (χ1v) is 11.0. The molecule has 0 unspecified atom stereocenters. The van der Waals surface area contributed by atoms with Gasteiger partial charge in [0.15, 0.2) is 0 Å². The highest BCUT2D eigenvalue weighted by Gasteiger charge is 2.41. The fourth-order valence-electron chi connectivity index (χ4n) is 3.63. The number of carbonyl (C=O) groups is 4. The summed E-state index contributed by atoms with van der Waals surface area (Å²) < 4.78 is 6.45. The van der Waals surface area contributed by atoms with E-state index in [2.05, 4.69) is 10.1 Å². The summed E-state index contributed by atoms with van der Waals surface area (Å²) in [4.78, 5) is 50.8. The zero-order valence-electron chi connectivity index (χ0n) is 18.0. The molecule has 0 radical (unpaired) electrons. The third kappa shape index (κ3) is 4.54. The fourth-order valence-corrected chi connectivity index (χ4v) is 4.53. The number of ether oxygens (including phenoxy) is 1. The molecule has 4 rings (SSSR count). The van der Waals surface area contributed by atoms with Gasteiger partial charge in [0.1, 0.15) is 12.6 Å². The van der Waals surface area contributed by atoms with Crippen molar-refractivity contribution in [1.29, 1.82) is 0 Å². The lowest BCUT2D eigenvalue weighted by Crippen LogP contribution is -2.42. The Hall–Kier alpha value is -3.85. The van der Waals surface area contributed by atoms with Crippen LogP contribution in [0.5, 0.6) is 0 Å². The zero-order valence-corrected chi connectivity index (χ0v) is 18.8. The normalized spacial score (nSPS) is 15.8. The summed E-state index contributed by atoms with van der Waals surface area (Å²) in [5.74, 6) is -1.41. The lowest BCUT2D eigenvalue weighted by molar-refractivity contribution is -0.148. The van der Waals surface area contributed by atoms with E-state index in [4.69, 9.17) is 0 Å². The van der Waals surface area contributed by atoms with Crippen molar-refractivity contribution in [2.75, 3.05) is 12.4 Å². The summed E-state index contributed by atoms with van der Waals surface area (Å²) in [5, 5.41) is 3.16. The first kappa shape index (κ1) is 22.3. The van der Waals surface area contributed by atoms with Gasteiger partial charge < -0.3 is 14.6 Å². The maximum absolute atomic E-state index is 12.8. The molecule has 3 aromatic rings. The van der Waals surface area contributed by atoms with Crippen molar-refractivity contribution in [3.8, 4) is 0 Å². The van der Waals surface area contributed by atoms with Crippen LogP contribution in [0.2, 0.25) is 0 Å². The number of esters is 1. The van der Waals surface area contributed by atoms with Gasteiger partial charge in [-0.05, 0) is 43.0 Å². The highest BCUT2D eigenvalue weighted by Crippen LogP contribution is 2.35. The number of hydrogen-bond donors (Lipinski definition) is 1. The number of nitrogens with one attached hydrogen (secondary N) is 1. The lowest BCUT2D eigenvalue weighted by Gasteiger charge is -2.18. The molecular weight excluding hydrogens is 442 g/mol. The smallest absolute Gasteiger partial charge is 0.328 e. The molecule has 1 aromatic heterocycles. The van der Waals surface area contributed by atoms with Gasteiger partial charge in [-0.2, -0.15) is 0 Å². The largest absolute Gasteiger partial charge is 0.467 e. The maximum Gasteiger partial charge on any atom is 0.328 e. The number of fused-ring (bicyclic) bond motifs is 1. The Morgan fingerprint density at radius 1 is 1.09 bits per heavy atom. The van der Waals surface area contributed by atoms with Gasteiger partial charge in [-0.15, -0.1) is 0 Å². The molecule has 2 heterocycles. The summed E-state index contributed by atoms with van der Waals surface area (Å²) in [7, 11) is 1.20. The Morgan fingerprint density at radius 3 is 2.52 bits per heavy atom. The predicted octanol–water partition coefficient (Wildman–Crippen LogP) is 3.88. The van der Waals surface area contributed by atoms with Gasteiger partial charge in [0, 0.05) is 28.4 Å². The summed E-state index contributed by atoms with van der Waals surface area (Å²) in [6.45, 7) is 1.52. The highest BCUT2D eigenvalue weighted by atomic mass is 32.2. The second-order valence-electron chi connectivity index (χ2n) is 7.39. The molecule has 8 nitrogen and oxygen atoms in total. The van der Waals surface area contributed by atoms with E-state index < -0.39 is 23.2 Å². The first-order chi connectivity index (χ1) is 15.9. The average molecular weight is 464 g/mol. The molecule has 1 aliphatic heterocycles. The van der Waals surface area contributed by atoms with E-state index >= 15 is 0 Å². The third-order valence-electron chi connectivity index (χ3n) is 5.23. The van der Waals surface area contributed by atoms with Crippen molar-refractivity contribution in [2.45, 2.75) is 19.5 Å². The third-order valence-corrected chi connectivity index (χ3v) is 6.11. The first-order valence-electron chi connectivity index (χ1n) is 10.2. The summed E-state index contributed by atoms with van der Waals surface area (Å²) in [6, 6.07) is 15.6. The number of anilines is 1. The van der Waals surface area contributed by atoms with Gasteiger partial charge in [-0.3, -0.25) is 19.3 Å². The van der Waals surface area contributed by atoms with E-state index in [1.54, 1.807) is 16.8 Å². The second-order valence-corrected chi connectivity index (χ2v) is 8.39. The molecule has 1 fully saturated rings. The van der Waals surface area contributed by atoms with Crippen molar-refractivity contribution < 1.29 is 23.9 Å². The Bertz CT molecular complexity index is 1280. The molecule has 9 heteroatoms. The summed E-state index contributed by atoms with van der Waals surface area (Å²) in [5.41, 5.74) is 2.20. The Kier molecular flexibility index (Phi) is 6.32. The average Bonchev–Trinajstić information content (AvgIpc) is 3.29. The number of imide groups is 1. The van der Waals surface area contributed by atoms with Crippen LogP contribution in [-0.4, -0.2) is 45.6 Å². The number of methoxy groups -OCH3 is 1. The van der Waals surface area contributed by atoms with Crippen LogP contribution in [0.4, 0.5) is 10.5 Å².